The van der Waals surface area contributed by atoms with Crippen LogP contribution in [0.3, 0.4) is 0 Å². The van der Waals surface area contributed by atoms with Gasteiger partial charge < -0.3 is 5.32 Å². The van der Waals surface area contributed by atoms with Crippen molar-refractivity contribution in [2.45, 2.75) is 12.3 Å². The molecule has 114 valence electrons. The van der Waals surface area contributed by atoms with E-state index in [9.17, 15) is 10.1 Å². The number of nitrogens with one attached hydrogen (secondary N) is 1. The average Bonchev–Trinajstić information content (AvgIpc) is 2.52. The summed E-state index contributed by atoms with van der Waals surface area (Å²) >= 11 is 12.4. The van der Waals surface area contributed by atoms with Crippen LogP contribution in [0.4, 0.5) is 5.69 Å². The van der Waals surface area contributed by atoms with Gasteiger partial charge in [-0.05, 0) is 17.7 Å². The van der Waals surface area contributed by atoms with E-state index >= 15 is 0 Å². The molecular weight excluding hydrogens is 340 g/mol. The van der Waals surface area contributed by atoms with E-state index in [0.717, 1.165) is 5.56 Å². The summed E-state index contributed by atoms with van der Waals surface area (Å²) < 4.78 is 0.605. The molecule has 0 atom stereocenters. The first-order valence-corrected chi connectivity index (χ1v) is 8.21. The third-order valence-corrected chi connectivity index (χ3v) is 4.48. The molecule has 0 aliphatic heterocycles. The number of thioether (sulfide) groups is 1. The van der Waals surface area contributed by atoms with Gasteiger partial charge in [0.1, 0.15) is 4.32 Å². The van der Waals surface area contributed by atoms with Crippen LogP contribution in [0.2, 0.25) is 5.02 Å². The van der Waals surface area contributed by atoms with E-state index in [1.807, 2.05) is 30.3 Å². The van der Waals surface area contributed by atoms with Crippen LogP contribution in [0.5, 0.6) is 0 Å². The van der Waals surface area contributed by atoms with Crippen LogP contribution < -0.4 is 5.32 Å². The van der Waals surface area contributed by atoms with Crippen LogP contribution in [0.1, 0.15) is 11.1 Å². The minimum absolute atomic E-state index is 0.0193. The van der Waals surface area contributed by atoms with Crippen molar-refractivity contribution in [2.75, 3.05) is 0 Å². The van der Waals surface area contributed by atoms with E-state index < -0.39 is 4.92 Å². The highest BCUT2D eigenvalue weighted by Crippen LogP contribution is 2.26. The number of nitro benzene ring substituents is 1. The normalized spacial score (nSPS) is 10.2. The molecule has 2 rings (SSSR count). The van der Waals surface area contributed by atoms with Crippen molar-refractivity contribution in [2.24, 2.45) is 0 Å². The smallest absolute Gasteiger partial charge is 0.274 e. The molecule has 0 fully saturated rings. The molecule has 0 aliphatic rings. The maximum absolute atomic E-state index is 11.0. The highest BCUT2D eigenvalue weighted by atomic mass is 35.5. The van der Waals surface area contributed by atoms with Crippen molar-refractivity contribution >= 4 is 45.6 Å². The topological polar surface area (TPSA) is 55.2 Å². The van der Waals surface area contributed by atoms with E-state index in [1.165, 1.54) is 17.8 Å². The van der Waals surface area contributed by atoms with Crippen LogP contribution in [-0.4, -0.2) is 9.24 Å². The molecule has 22 heavy (non-hydrogen) atoms. The maximum Gasteiger partial charge on any atom is 0.274 e. The summed E-state index contributed by atoms with van der Waals surface area (Å²) in [6, 6.07) is 14.6. The highest BCUT2D eigenvalue weighted by Gasteiger charge is 2.14. The zero-order chi connectivity index (χ0) is 15.9. The first-order chi connectivity index (χ1) is 10.6. The van der Waals surface area contributed by atoms with Crippen molar-refractivity contribution in [1.82, 2.24) is 5.32 Å². The third kappa shape index (κ3) is 4.98. The van der Waals surface area contributed by atoms with E-state index in [4.69, 9.17) is 23.8 Å². The third-order valence-electron chi connectivity index (χ3n) is 2.88. The number of benzene rings is 2. The van der Waals surface area contributed by atoms with E-state index in [1.54, 1.807) is 12.1 Å². The van der Waals surface area contributed by atoms with Crippen LogP contribution in [0.15, 0.2) is 48.5 Å². The second kappa shape index (κ2) is 8.12. The van der Waals surface area contributed by atoms with Crippen molar-refractivity contribution < 1.29 is 4.92 Å². The molecule has 1 N–H and O–H groups in total. The van der Waals surface area contributed by atoms with Gasteiger partial charge in [0.25, 0.3) is 5.69 Å². The van der Waals surface area contributed by atoms with Gasteiger partial charge in [-0.25, -0.2) is 0 Å². The van der Waals surface area contributed by atoms with Crippen molar-refractivity contribution in [3.05, 3.63) is 74.8 Å². The molecule has 0 unspecified atom stereocenters. The summed E-state index contributed by atoms with van der Waals surface area (Å²) in [5.41, 5.74) is 1.75. The van der Waals surface area contributed by atoms with Gasteiger partial charge in [0.05, 0.1) is 4.92 Å². The summed E-state index contributed by atoms with van der Waals surface area (Å²) in [6.07, 6.45) is 0. The Balaban J connectivity index is 1.90. The number of hydrogen-bond donors (Lipinski definition) is 1. The number of rotatable bonds is 5. The van der Waals surface area contributed by atoms with E-state index in [-0.39, 0.29) is 5.69 Å². The van der Waals surface area contributed by atoms with E-state index in [0.29, 0.717) is 27.2 Å². The molecule has 0 aliphatic carbocycles. The van der Waals surface area contributed by atoms with Crippen LogP contribution in [-0.2, 0) is 12.3 Å². The van der Waals surface area contributed by atoms with Gasteiger partial charge in [-0.2, -0.15) is 0 Å². The van der Waals surface area contributed by atoms with Gasteiger partial charge in [0, 0.05) is 29.0 Å². The minimum Gasteiger partial charge on any atom is -0.367 e. The largest absolute Gasteiger partial charge is 0.367 e. The monoisotopic (exact) mass is 352 g/mol. The second-order valence-electron chi connectivity index (χ2n) is 4.45. The SMILES string of the molecule is O=[N+]([O-])c1cc(Cl)ccc1CSC(=S)NCc1ccccc1. The van der Waals surface area contributed by atoms with Gasteiger partial charge in [0.15, 0.2) is 0 Å². The Morgan fingerprint density at radius 2 is 2.00 bits per heavy atom. The Bertz CT molecular complexity index is 680. The molecule has 0 aromatic heterocycles. The molecule has 0 saturated heterocycles. The lowest BCUT2D eigenvalue weighted by Gasteiger charge is -2.08. The molecular formula is C15H13ClN2O2S2. The minimum atomic E-state index is -0.428. The molecule has 0 saturated carbocycles. The number of nitro groups is 1. The van der Waals surface area contributed by atoms with Gasteiger partial charge in [-0.15, -0.1) is 0 Å². The molecule has 0 amide bonds. The lowest BCUT2D eigenvalue weighted by Crippen LogP contribution is -2.17. The number of thiocarbonyl (C=S) groups is 1. The fourth-order valence-corrected chi connectivity index (χ4v) is 2.91. The zero-order valence-electron chi connectivity index (χ0n) is 11.5. The Morgan fingerprint density at radius 1 is 1.27 bits per heavy atom. The Hall–Kier alpha value is -1.63. The summed E-state index contributed by atoms with van der Waals surface area (Å²) in [5.74, 6) is 0.425. The molecule has 4 nitrogen and oxygen atoms in total. The predicted octanol–water partition coefficient (Wildman–Crippen LogP) is 4.56. The number of halogens is 1. The molecule has 0 spiro atoms. The zero-order valence-corrected chi connectivity index (χ0v) is 13.9. The Morgan fingerprint density at radius 3 is 2.68 bits per heavy atom. The Kier molecular flexibility index (Phi) is 6.18. The van der Waals surface area contributed by atoms with Crippen molar-refractivity contribution in [3.8, 4) is 0 Å². The maximum atomic E-state index is 11.0. The van der Waals surface area contributed by atoms with Crippen molar-refractivity contribution in [3.63, 3.8) is 0 Å². The predicted molar refractivity (Wildman–Crippen MR) is 95.3 cm³/mol. The summed E-state index contributed by atoms with van der Waals surface area (Å²) in [5, 5.41) is 14.5. The van der Waals surface area contributed by atoms with Gasteiger partial charge in [-0.1, -0.05) is 65.9 Å². The first-order valence-electron chi connectivity index (χ1n) is 6.43. The summed E-state index contributed by atoms with van der Waals surface area (Å²) in [4.78, 5) is 10.6. The molecule has 0 bridgehead atoms. The number of hydrogen-bond acceptors (Lipinski definition) is 4. The molecule has 2 aromatic rings. The average molecular weight is 353 g/mol. The fraction of sp³-hybridized carbons (Fsp3) is 0.133. The summed E-state index contributed by atoms with van der Waals surface area (Å²) in [7, 11) is 0. The lowest BCUT2D eigenvalue weighted by molar-refractivity contribution is -0.385. The van der Waals surface area contributed by atoms with Crippen LogP contribution in [0, 0.1) is 10.1 Å². The molecule has 7 heteroatoms. The van der Waals surface area contributed by atoms with Gasteiger partial charge in [0.2, 0.25) is 0 Å². The number of nitrogens with zero attached hydrogens (tertiary/aromatic N) is 1. The van der Waals surface area contributed by atoms with E-state index in [2.05, 4.69) is 5.32 Å². The highest BCUT2D eigenvalue weighted by molar-refractivity contribution is 8.22. The second-order valence-corrected chi connectivity index (χ2v) is 6.53. The fourth-order valence-electron chi connectivity index (χ4n) is 1.79. The van der Waals surface area contributed by atoms with Crippen molar-refractivity contribution in [1.29, 1.82) is 0 Å². The quantitative estimate of drug-likeness (QED) is 0.485. The first kappa shape index (κ1) is 16.7. The lowest BCUT2D eigenvalue weighted by atomic mass is 10.2. The molecule has 2 aromatic carbocycles. The van der Waals surface area contributed by atoms with Crippen LogP contribution in [0.25, 0.3) is 0 Å². The Labute approximate surface area is 143 Å². The summed E-state index contributed by atoms with van der Waals surface area (Å²) in [6.45, 7) is 0.634. The van der Waals surface area contributed by atoms with Gasteiger partial charge >= 0.3 is 0 Å². The molecule has 0 heterocycles. The standard InChI is InChI=1S/C15H13ClN2O2S2/c16-13-7-6-12(14(8-13)18(19)20)10-22-15(21)17-9-11-4-2-1-3-5-11/h1-8H,9-10H2,(H,17,21). The van der Waals surface area contributed by atoms with Gasteiger partial charge in [-0.3, -0.25) is 10.1 Å². The molecule has 0 radical (unpaired) electrons. The van der Waals surface area contributed by atoms with Crippen LogP contribution >= 0.6 is 35.6 Å².